The standard InChI is InChI=1S/C8H10F3NO4/c9-8(10,11)16-7(13)5-2-1-3-6(4-5)12(14)15/h5-6H,1-4H2. The van der Waals surface area contributed by atoms with Crippen molar-refractivity contribution in [3.8, 4) is 0 Å². The highest BCUT2D eigenvalue weighted by Gasteiger charge is 2.40. The Kier molecular flexibility index (Phi) is 3.71. The molecule has 0 bridgehead atoms. The second-order valence-electron chi connectivity index (χ2n) is 3.67. The summed E-state index contributed by atoms with van der Waals surface area (Å²) < 4.78 is 38.5. The lowest BCUT2D eigenvalue weighted by Crippen LogP contribution is -2.34. The monoisotopic (exact) mass is 241 g/mol. The van der Waals surface area contributed by atoms with Crippen molar-refractivity contribution in [3.05, 3.63) is 10.1 Å². The lowest BCUT2D eigenvalue weighted by Gasteiger charge is -2.22. The van der Waals surface area contributed by atoms with E-state index < -0.39 is 29.2 Å². The minimum absolute atomic E-state index is 0.179. The van der Waals surface area contributed by atoms with Crippen molar-refractivity contribution in [3.63, 3.8) is 0 Å². The molecule has 0 radical (unpaired) electrons. The van der Waals surface area contributed by atoms with Crippen LogP contribution >= 0.6 is 0 Å². The maximum atomic E-state index is 11.7. The molecule has 92 valence electrons. The Labute approximate surface area is 88.7 Å². The number of carbonyl (C=O) groups excluding carboxylic acids is 1. The van der Waals surface area contributed by atoms with Crippen LogP contribution in [0.3, 0.4) is 0 Å². The molecule has 1 aliphatic carbocycles. The fourth-order valence-corrected chi connectivity index (χ4v) is 1.77. The topological polar surface area (TPSA) is 69.4 Å². The van der Waals surface area contributed by atoms with Crippen LogP contribution in [-0.4, -0.2) is 23.3 Å². The molecule has 1 rings (SSSR count). The van der Waals surface area contributed by atoms with Gasteiger partial charge in [0.05, 0.1) is 5.92 Å². The Hall–Kier alpha value is -1.34. The van der Waals surface area contributed by atoms with Crippen molar-refractivity contribution in [1.82, 2.24) is 0 Å². The van der Waals surface area contributed by atoms with Crippen molar-refractivity contribution >= 4 is 5.97 Å². The molecule has 2 atom stereocenters. The van der Waals surface area contributed by atoms with Crippen LogP contribution in [0.25, 0.3) is 0 Å². The highest BCUT2D eigenvalue weighted by atomic mass is 19.4. The predicted octanol–water partition coefficient (Wildman–Crippen LogP) is 1.88. The molecule has 0 aromatic carbocycles. The predicted molar refractivity (Wildman–Crippen MR) is 44.9 cm³/mol. The summed E-state index contributed by atoms with van der Waals surface area (Å²) in [7, 11) is 0. The first-order valence-electron chi connectivity index (χ1n) is 4.72. The van der Waals surface area contributed by atoms with Crippen LogP contribution in [0.5, 0.6) is 0 Å². The molecule has 8 heteroatoms. The van der Waals surface area contributed by atoms with Gasteiger partial charge < -0.3 is 4.74 Å². The Bertz CT molecular complexity index is 291. The van der Waals surface area contributed by atoms with Crippen LogP contribution in [0.4, 0.5) is 13.2 Å². The van der Waals surface area contributed by atoms with Crippen molar-refractivity contribution in [2.24, 2.45) is 5.92 Å². The summed E-state index contributed by atoms with van der Waals surface area (Å²) in [6.45, 7) is 0. The summed E-state index contributed by atoms with van der Waals surface area (Å²) in [6.07, 6.45) is -4.33. The van der Waals surface area contributed by atoms with Gasteiger partial charge in [0.2, 0.25) is 6.04 Å². The number of rotatable bonds is 2. The molecule has 16 heavy (non-hydrogen) atoms. The summed E-state index contributed by atoms with van der Waals surface area (Å²) >= 11 is 0. The third-order valence-corrected chi connectivity index (χ3v) is 2.49. The van der Waals surface area contributed by atoms with E-state index in [9.17, 15) is 28.1 Å². The molecule has 1 saturated carbocycles. The van der Waals surface area contributed by atoms with E-state index in [0.717, 1.165) is 0 Å². The second-order valence-corrected chi connectivity index (χ2v) is 3.67. The van der Waals surface area contributed by atoms with Crippen LogP contribution in [0, 0.1) is 16.0 Å². The number of nitro groups is 1. The zero-order chi connectivity index (χ0) is 12.3. The van der Waals surface area contributed by atoms with Crippen molar-refractivity contribution in [2.75, 3.05) is 0 Å². The van der Waals surface area contributed by atoms with Gasteiger partial charge in [-0.3, -0.25) is 14.9 Å². The third kappa shape index (κ3) is 3.67. The summed E-state index contributed by atoms with van der Waals surface area (Å²) in [5.74, 6) is -2.44. The molecule has 5 nitrogen and oxygen atoms in total. The Morgan fingerprint density at radius 2 is 2.00 bits per heavy atom. The van der Waals surface area contributed by atoms with E-state index in [1.807, 2.05) is 0 Å². The largest absolute Gasteiger partial charge is 0.575 e. The van der Waals surface area contributed by atoms with E-state index in [-0.39, 0.29) is 12.8 Å². The van der Waals surface area contributed by atoms with Gasteiger partial charge in [0.15, 0.2) is 0 Å². The van der Waals surface area contributed by atoms with Gasteiger partial charge in [0.25, 0.3) is 0 Å². The highest BCUT2D eigenvalue weighted by Crippen LogP contribution is 2.29. The van der Waals surface area contributed by atoms with E-state index in [0.29, 0.717) is 12.8 Å². The smallest absolute Gasteiger partial charge is 0.373 e. The normalized spacial score (nSPS) is 26.2. The third-order valence-electron chi connectivity index (χ3n) is 2.49. The fraction of sp³-hybridized carbons (Fsp3) is 0.875. The quantitative estimate of drug-likeness (QED) is 0.420. The van der Waals surface area contributed by atoms with Gasteiger partial charge in [-0.1, -0.05) is 0 Å². The van der Waals surface area contributed by atoms with Crippen molar-refractivity contribution < 1.29 is 27.6 Å². The molecule has 1 aliphatic rings. The Morgan fingerprint density at radius 3 is 2.50 bits per heavy atom. The molecule has 0 aliphatic heterocycles. The SMILES string of the molecule is O=C(OC(F)(F)F)C1CCCC([N+](=O)[O-])C1. The van der Waals surface area contributed by atoms with Crippen LogP contribution in [0.2, 0.25) is 0 Å². The maximum absolute atomic E-state index is 11.7. The summed E-state index contributed by atoms with van der Waals surface area (Å²) in [5, 5.41) is 10.4. The highest BCUT2D eigenvalue weighted by molar-refractivity contribution is 5.72. The molecule has 0 amide bonds. The van der Waals surface area contributed by atoms with Crippen LogP contribution in [-0.2, 0) is 9.53 Å². The number of alkyl halides is 3. The molecule has 0 aromatic rings. The number of halogens is 3. The van der Waals surface area contributed by atoms with Crippen LogP contribution in [0.15, 0.2) is 0 Å². The minimum Gasteiger partial charge on any atom is -0.373 e. The van der Waals surface area contributed by atoms with Gasteiger partial charge in [0.1, 0.15) is 0 Å². The summed E-state index contributed by atoms with van der Waals surface area (Å²) in [4.78, 5) is 20.9. The summed E-state index contributed by atoms with van der Waals surface area (Å²) in [5.41, 5.74) is 0. The lowest BCUT2D eigenvalue weighted by molar-refractivity contribution is -0.527. The van der Waals surface area contributed by atoms with Gasteiger partial charge >= 0.3 is 12.3 Å². The molecule has 0 heterocycles. The average Bonchev–Trinajstić information content (AvgIpc) is 2.15. The molecular formula is C8H10F3NO4. The van der Waals surface area contributed by atoms with E-state index >= 15 is 0 Å². The van der Waals surface area contributed by atoms with E-state index in [1.54, 1.807) is 0 Å². The average molecular weight is 241 g/mol. The van der Waals surface area contributed by atoms with Gasteiger partial charge in [-0.15, -0.1) is 13.2 Å². The van der Waals surface area contributed by atoms with E-state index in [2.05, 4.69) is 4.74 Å². The van der Waals surface area contributed by atoms with Gasteiger partial charge in [-0.2, -0.15) is 0 Å². The van der Waals surface area contributed by atoms with Crippen LogP contribution in [0.1, 0.15) is 25.7 Å². The zero-order valence-electron chi connectivity index (χ0n) is 8.20. The molecule has 0 saturated heterocycles. The molecule has 0 spiro atoms. The first kappa shape index (κ1) is 12.7. The van der Waals surface area contributed by atoms with Crippen molar-refractivity contribution in [2.45, 2.75) is 38.1 Å². The molecular weight excluding hydrogens is 231 g/mol. The van der Waals surface area contributed by atoms with E-state index in [1.165, 1.54) is 0 Å². The van der Waals surface area contributed by atoms with Gasteiger partial charge in [0, 0.05) is 17.8 Å². The Balaban J connectivity index is 2.54. The van der Waals surface area contributed by atoms with E-state index in [4.69, 9.17) is 0 Å². The van der Waals surface area contributed by atoms with Crippen molar-refractivity contribution in [1.29, 1.82) is 0 Å². The second kappa shape index (κ2) is 4.67. The number of hydrogen-bond acceptors (Lipinski definition) is 4. The zero-order valence-corrected chi connectivity index (χ0v) is 8.20. The number of esters is 1. The molecule has 0 aromatic heterocycles. The summed E-state index contributed by atoms with van der Waals surface area (Å²) in [6, 6.07) is -0.945. The minimum atomic E-state index is -5.02. The first-order valence-corrected chi connectivity index (χ1v) is 4.72. The molecule has 2 unspecified atom stereocenters. The number of nitrogens with zero attached hydrogens (tertiary/aromatic N) is 1. The van der Waals surface area contributed by atoms with Gasteiger partial charge in [-0.25, -0.2) is 0 Å². The number of ether oxygens (including phenoxy) is 1. The van der Waals surface area contributed by atoms with Gasteiger partial charge in [-0.05, 0) is 12.8 Å². The maximum Gasteiger partial charge on any atom is 0.575 e. The molecule has 0 N–H and O–H groups in total. The fourth-order valence-electron chi connectivity index (χ4n) is 1.77. The first-order chi connectivity index (χ1) is 7.29. The number of hydrogen-bond donors (Lipinski definition) is 0. The molecule has 1 fully saturated rings. The Morgan fingerprint density at radius 1 is 1.38 bits per heavy atom. The number of carbonyl (C=O) groups is 1. The van der Waals surface area contributed by atoms with Crippen LogP contribution < -0.4 is 0 Å². The lowest BCUT2D eigenvalue weighted by atomic mass is 9.86.